The van der Waals surface area contributed by atoms with Crippen LogP contribution in [0.25, 0.3) is 17.0 Å². The van der Waals surface area contributed by atoms with Crippen LogP contribution >= 0.6 is 0 Å². The molecule has 0 bridgehead atoms. The van der Waals surface area contributed by atoms with E-state index in [-0.39, 0.29) is 23.1 Å². The number of Topliss-reactive ketones (excluding diaryl/α,β-unsaturated/α-hetero) is 1. The number of aryl methyl sites for hydroxylation is 1. The van der Waals surface area contributed by atoms with E-state index in [4.69, 9.17) is 13.9 Å². The molecule has 0 amide bonds. The number of benzene rings is 2. The molecule has 0 atom stereocenters. The number of allylic oxidation sites excluding steroid dienone is 1. The van der Waals surface area contributed by atoms with Gasteiger partial charge in [0.15, 0.2) is 5.76 Å². The highest BCUT2D eigenvalue weighted by Gasteiger charge is 2.28. The molecular formula is C23H15NO5. The number of hydrogen-bond donors (Lipinski definition) is 0. The average molecular weight is 385 g/mol. The lowest BCUT2D eigenvalue weighted by Crippen LogP contribution is -2.07. The Kier molecular flexibility index (Phi) is 3.84. The summed E-state index contributed by atoms with van der Waals surface area (Å²) in [5, 5.41) is 1.03. The highest BCUT2D eigenvalue weighted by Crippen LogP contribution is 2.36. The van der Waals surface area contributed by atoms with Crippen LogP contribution in [-0.2, 0) is 7.05 Å². The summed E-state index contributed by atoms with van der Waals surface area (Å²) in [5.74, 6) is 0.114. The van der Waals surface area contributed by atoms with Gasteiger partial charge in [0.1, 0.15) is 11.5 Å². The molecule has 0 N–H and O–H groups in total. The summed E-state index contributed by atoms with van der Waals surface area (Å²) in [7, 11) is 1.95. The minimum Gasteiger partial charge on any atom is -0.457 e. The topological polar surface area (TPSA) is 70.7 Å². The molecule has 3 heterocycles. The second kappa shape index (κ2) is 6.53. The molecule has 0 unspecified atom stereocenters. The summed E-state index contributed by atoms with van der Waals surface area (Å²) in [6.07, 6.45) is 5.08. The van der Waals surface area contributed by atoms with E-state index < -0.39 is 5.97 Å². The smallest absolute Gasteiger partial charge is 0.379 e. The molecule has 0 fully saturated rings. The Morgan fingerprint density at radius 2 is 1.97 bits per heavy atom. The van der Waals surface area contributed by atoms with E-state index in [1.54, 1.807) is 24.3 Å². The van der Waals surface area contributed by atoms with Crippen molar-refractivity contribution < 1.29 is 23.5 Å². The fourth-order valence-electron chi connectivity index (χ4n) is 3.41. The first-order chi connectivity index (χ1) is 14.1. The summed E-state index contributed by atoms with van der Waals surface area (Å²) in [5.41, 5.74) is 2.38. The van der Waals surface area contributed by atoms with Crippen LogP contribution in [0.15, 0.2) is 77.2 Å². The second-order valence-electron chi connectivity index (χ2n) is 6.68. The molecule has 29 heavy (non-hydrogen) atoms. The molecule has 1 aliphatic rings. The Morgan fingerprint density at radius 3 is 2.79 bits per heavy atom. The number of hydrogen-bond acceptors (Lipinski definition) is 5. The minimum atomic E-state index is -0.620. The van der Waals surface area contributed by atoms with Gasteiger partial charge in [0, 0.05) is 35.8 Å². The van der Waals surface area contributed by atoms with E-state index in [2.05, 4.69) is 0 Å². The van der Waals surface area contributed by atoms with Gasteiger partial charge in [-0.1, -0.05) is 18.2 Å². The molecular weight excluding hydrogens is 370 g/mol. The molecule has 0 spiro atoms. The summed E-state index contributed by atoms with van der Waals surface area (Å²) in [6, 6.07) is 15.7. The molecule has 6 nitrogen and oxygen atoms in total. The van der Waals surface area contributed by atoms with E-state index in [0.29, 0.717) is 11.3 Å². The first-order valence-corrected chi connectivity index (χ1v) is 8.98. The minimum absolute atomic E-state index is 0.0963. The SMILES string of the molecule is Cn1cc(/C=C2/Oc3cc(OC(=O)c4ccco4)ccc3C2=O)c2ccccc21. The van der Waals surface area contributed by atoms with E-state index in [0.717, 1.165) is 16.5 Å². The van der Waals surface area contributed by atoms with Crippen molar-refractivity contribution in [1.29, 1.82) is 0 Å². The third kappa shape index (κ3) is 2.91. The first-order valence-electron chi connectivity index (χ1n) is 8.98. The number of aromatic nitrogens is 1. The van der Waals surface area contributed by atoms with Gasteiger partial charge in [0.25, 0.3) is 0 Å². The van der Waals surface area contributed by atoms with Gasteiger partial charge in [0.05, 0.1) is 11.8 Å². The Hall–Kier alpha value is -4.06. The average Bonchev–Trinajstić information content (AvgIpc) is 3.43. The number of ether oxygens (including phenoxy) is 2. The molecule has 6 heteroatoms. The van der Waals surface area contributed by atoms with Crippen molar-refractivity contribution in [2.24, 2.45) is 7.05 Å². The lowest BCUT2D eigenvalue weighted by molar-refractivity contribution is 0.0701. The molecule has 2 aromatic carbocycles. The molecule has 0 radical (unpaired) electrons. The van der Waals surface area contributed by atoms with Gasteiger partial charge >= 0.3 is 5.97 Å². The quantitative estimate of drug-likeness (QED) is 0.293. The predicted octanol–water partition coefficient (Wildman–Crippen LogP) is 4.61. The molecule has 142 valence electrons. The number of nitrogens with zero attached hydrogens (tertiary/aromatic N) is 1. The lowest BCUT2D eigenvalue weighted by Gasteiger charge is -2.04. The van der Waals surface area contributed by atoms with E-state index in [9.17, 15) is 9.59 Å². The Labute approximate surface area is 165 Å². The van der Waals surface area contributed by atoms with Crippen molar-refractivity contribution in [3.8, 4) is 11.5 Å². The Morgan fingerprint density at radius 1 is 1.10 bits per heavy atom. The first kappa shape index (κ1) is 17.1. The van der Waals surface area contributed by atoms with Crippen LogP contribution in [0.5, 0.6) is 11.5 Å². The largest absolute Gasteiger partial charge is 0.457 e. The summed E-state index contributed by atoms with van der Waals surface area (Å²) >= 11 is 0. The van der Waals surface area contributed by atoms with Gasteiger partial charge in [-0.2, -0.15) is 0 Å². The molecule has 0 saturated carbocycles. The fraction of sp³-hybridized carbons (Fsp3) is 0.0435. The number of esters is 1. The lowest BCUT2D eigenvalue weighted by atomic mass is 10.1. The van der Waals surface area contributed by atoms with Crippen molar-refractivity contribution in [3.63, 3.8) is 0 Å². The van der Waals surface area contributed by atoms with E-state index >= 15 is 0 Å². The van der Waals surface area contributed by atoms with Crippen LogP contribution in [0.4, 0.5) is 0 Å². The Bertz CT molecular complexity index is 1290. The van der Waals surface area contributed by atoms with Crippen molar-refractivity contribution in [3.05, 3.63) is 89.7 Å². The molecule has 1 aliphatic heterocycles. The van der Waals surface area contributed by atoms with Crippen LogP contribution in [0.2, 0.25) is 0 Å². The van der Waals surface area contributed by atoms with E-state index in [1.807, 2.05) is 42.1 Å². The number of carbonyl (C=O) groups is 2. The number of para-hydroxylation sites is 1. The van der Waals surface area contributed by atoms with Crippen molar-refractivity contribution >= 4 is 28.7 Å². The van der Waals surface area contributed by atoms with Gasteiger partial charge in [-0.3, -0.25) is 4.79 Å². The zero-order valence-corrected chi connectivity index (χ0v) is 15.4. The standard InChI is InChI=1S/C23H15NO5/c1-24-13-14(16-5-2-3-6-18(16)24)11-21-22(25)17-9-8-15(12-20(17)29-21)28-23(26)19-7-4-10-27-19/h2-13H,1H3/b21-11+. The number of fused-ring (bicyclic) bond motifs is 2. The number of rotatable bonds is 3. The summed E-state index contributed by atoms with van der Waals surface area (Å²) in [6.45, 7) is 0. The van der Waals surface area contributed by atoms with Crippen LogP contribution in [0.3, 0.4) is 0 Å². The van der Waals surface area contributed by atoms with E-state index in [1.165, 1.54) is 18.4 Å². The molecule has 4 aromatic rings. The molecule has 2 aromatic heterocycles. The Balaban J connectivity index is 1.44. The van der Waals surface area contributed by atoms with Gasteiger partial charge in [-0.25, -0.2) is 4.79 Å². The molecule has 0 saturated heterocycles. The monoisotopic (exact) mass is 385 g/mol. The van der Waals surface area contributed by atoms with Crippen LogP contribution in [0, 0.1) is 0 Å². The summed E-state index contributed by atoms with van der Waals surface area (Å²) in [4.78, 5) is 24.8. The number of carbonyl (C=O) groups excluding carboxylic acids is 2. The van der Waals surface area contributed by atoms with Gasteiger partial charge in [0.2, 0.25) is 11.5 Å². The number of ketones is 1. The molecule has 5 rings (SSSR count). The van der Waals surface area contributed by atoms with Gasteiger partial charge < -0.3 is 18.5 Å². The normalized spacial score (nSPS) is 14.2. The maximum absolute atomic E-state index is 12.7. The fourth-order valence-corrected chi connectivity index (χ4v) is 3.41. The van der Waals surface area contributed by atoms with Crippen molar-refractivity contribution in [2.75, 3.05) is 0 Å². The summed E-state index contributed by atoms with van der Waals surface area (Å²) < 4.78 is 18.1. The zero-order chi connectivity index (χ0) is 20.0. The van der Waals surface area contributed by atoms with Crippen molar-refractivity contribution in [1.82, 2.24) is 4.57 Å². The maximum Gasteiger partial charge on any atom is 0.379 e. The third-order valence-corrected chi connectivity index (χ3v) is 4.79. The second-order valence-corrected chi connectivity index (χ2v) is 6.68. The maximum atomic E-state index is 12.7. The number of furan rings is 1. The predicted molar refractivity (Wildman–Crippen MR) is 106 cm³/mol. The van der Waals surface area contributed by atoms with Crippen LogP contribution < -0.4 is 9.47 Å². The van der Waals surface area contributed by atoms with Crippen molar-refractivity contribution in [2.45, 2.75) is 0 Å². The highest BCUT2D eigenvalue weighted by molar-refractivity contribution is 6.15. The highest BCUT2D eigenvalue weighted by atomic mass is 16.5. The molecule has 0 aliphatic carbocycles. The van der Waals surface area contributed by atoms with Crippen LogP contribution in [-0.4, -0.2) is 16.3 Å². The zero-order valence-electron chi connectivity index (χ0n) is 15.4. The van der Waals surface area contributed by atoms with Crippen LogP contribution in [0.1, 0.15) is 26.5 Å². The van der Waals surface area contributed by atoms with Gasteiger partial charge in [-0.15, -0.1) is 0 Å². The van der Waals surface area contributed by atoms with Gasteiger partial charge in [-0.05, 0) is 36.4 Å². The third-order valence-electron chi connectivity index (χ3n) is 4.79.